The van der Waals surface area contributed by atoms with Gasteiger partial charge in [0, 0.05) is 5.56 Å². The van der Waals surface area contributed by atoms with E-state index >= 15 is 0 Å². The van der Waals surface area contributed by atoms with Crippen LogP contribution in [0.2, 0.25) is 0 Å². The molecule has 9 heteroatoms. The maximum Gasteiger partial charge on any atom is 0.416 e. The molecule has 0 aliphatic carbocycles. The van der Waals surface area contributed by atoms with Gasteiger partial charge in [0.15, 0.2) is 0 Å². The molecule has 0 aliphatic heterocycles. The zero-order valence-electron chi connectivity index (χ0n) is 12.6. The number of carboxylic acid groups (broad SMARTS) is 1. The van der Waals surface area contributed by atoms with E-state index in [1.54, 1.807) is 13.8 Å². The number of carbonyl (C=O) groups excluding carboxylic acids is 1. The summed E-state index contributed by atoms with van der Waals surface area (Å²) in [6, 6.07) is 3.25. The molecule has 5 nitrogen and oxygen atoms in total. The lowest BCUT2D eigenvalue weighted by molar-refractivity contribution is -0.137. The van der Waals surface area contributed by atoms with Crippen molar-refractivity contribution in [2.24, 2.45) is 0 Å². The van der Waals surface area contributed by atoms with Crippen LogP contribution in [0.25, 0.3) is 0 Å². The van der Waals surface area contributed by atoms with Crippen molar-refractivity contribution in [1.29, 1.82) is 0 Å². The lowest BCUT2D eigenvalue weighted by atomic mass is 10.1. The average molecular weight is 358 g/mol. The average Bonchev–Trinajstić information content (AvgIpc) is 2.88. The molecule has 2 N–H and O–H groups in total. The predicted molar refractivity (Wildman–Crippen MR) is 81.1 cm³/mol. The van der Waals surface area contributed by atoms with Crippen LogP contribution in [0.4, 0.5) is 13.2 Å². The van der Waals surface area contributed by atoms with E-state index in [0.717, 1.165) is 35.6 Å². The molecule has 2 aromatic rings. The van der Waals surface area contributed by atoms with Crippen molar-refractivity contribution in [3.05, 3.63) is 51.0 Å². The van der Waals surface area contributed by atoms with Crippen LogP contribution in [0.3, 0.4) is 0 Å². The van der Waals surface area contributed by atoms with E-state index in [0.29, 0.717) is 10.7 Å². The second-order valence-electron chi connectivity index (χ2n) is 5.04. The zero-order valence-corrected chi connectivity index (χ0v) is 13.5. The van der Waals surface area contributed by atoms with E-state index in [1.807, 2.05) is 0 Å². The number of thiazole rings is 1. The van der Waals surface area contributed by atoms with E-state index in [4.69, 9.17) is 5.11 Å². The Balaban J connectivity index is 2.11. The predicted octanol–water partition coefficient (Wildman–Crippen LogP) is 3.66. The van der Waals surface area contributed by atoms with Gasteiger partial charge in [0.25, 0.3) is 5.91 Å². The number of carboxylic acids is 1. The maximum absolute atomic E-state index is 12.5. The quantitative estimate of drug-likeness (QED) is 0.874. The maximum atomic E-state index is 12.5. The molecule has 0 radical (unpaired) electrons. The molecule has 0 spiro atoms. The number of aromatic carboxylic acids is 1. The minimum absolute atomic E-state index is 0.0709. The highest BCUT2D eigenvalue weighted by Gasteiger charge is 2.30. The SMILES string of the molecule is Cc1nc(C(C)NC(=O)c2ccc(C(F)(F)F)cc2)sc1C(=O)O. The standard InChI is InChI=1S/C15H13F3N2O3S/c1-7-11(14(22)23)24-13(20-7)8(2)19-12(21)9-3-5-10(6-4-9)15(16,17)18/h3-6,8H,1-2H3,(H,19,21)(H,22,23). The molecule has 1 heterocycles. The first-order chi connectivity index (χ1) is 11.1. The summed E-state index contributed by atoms with van der Waals surface area (Å²) in [5.74, 6) is -1.67. The molecule has 0 aliphatic rings. The number of alkyl halides is 3. The van der Waals surface area contributed by atoms with Crippen molar-refractivity contribution in [2.75, 3.05) is 0 Å². The van der Waals surface area contributed by atoms with Gasteiger partial charge < -0.3 is 10.4 Å². The van der Waals surface area contributed by atoms with E-state index in [9.17, 15) is 22.8 Å². The molecule has 1 amide bonds. The Kier molecular flexibility index (Phi) is 4.93. The number of nitrogens with zero attached hydrogens (tertiary/aromatic N) is 1. The lowest BCUT2D eigenvalue weighted by Crippen LogP contribution is -2.26. The smallest absolute Gasteiger partial charge is 0.416 e. The van der Waals surface area contributed by atoms with Gasteiger partial charge in [0.05, 0.1) is 17.3 Å². The normalized spacial score (nSPS) is 12.7. The summed E-state index contributed by atoms with van der Waals surface area (Å²) in [7, 11) is 0. The fourth-order valence-corrected chi connectivity index (χ4v) is 2.86. The Hall–Kier alpha value is -2.42. The van der Waals surface area contributed by atoms with Gasteiger partial charge in [-0.15, -0.1) is 11.3 Å². The number of carbonyl (C=O) groups is 2. The Bertz CT molecular complexity index is 769. The number of benzene rings is 1. The van der Waals surface area contributed by atoms with Crippen LogP contribution in [0.15, 0.2) is 24.3 Å². The largest absolute Gasteiger partial charge is 0.477 e. The number of aryl methyl sites for hydroxylation is 1. The Labute approximate surface area is 139 Å². The van der Waals surface area contributed by atoms with Crippen molar-refractivity contribution in [2.45, 2.75) is 26.1 Å². The first-order valence-corrected chi connectivity index (χ1v) is 7.60. The highest BCUT2D eigenvalue weighted by Crippen LogP contribution is 2.29. The second kappa shape index (κ2) is 6.60. The molecule has 0 bridgehead atoms. The van der Waals surface area contributed by atoms with Gasteiger partial charge in [-0.05, 0) is 38.1 Å². The summed E-state index contributed by atoms with van der Waals surface area (Å²) < 4.78 is 37.5. The van der Waals surface area contributed by atoms with Crippen LogP contribution >= 0.6 is 11.3 Å². The van der Waals surface area contributed by atoms with Gasteiger partial charge in [-0.1, -0.05) is 0 Å². The summed E-state index contributed by atoms with van der Waals surface area (Å²) in [5.41, 5.74) is -0.423. The molecule has 128 valence electrons. The molecular formula is C15H13F3N2O3S. The van der Waals surface area contributed by atoms with Crippen LogP contribution < -0.4 is 5.32 Å². The fraction of sp³-hybridized carbons (Fsp3) is 0.267. The molecule has 0 saturated heterocycles. The number of hydrogen-bond acceptors (Lipinski definition) is 4. The van der Waals surface area contributed by atoms with Crippen molar-refractivity contribution < 1.29 is 27.9 Å². The van der Waals surface area contributed by atoms with E-state index in [2.05, 4.69) is 10.3 Å². The van der Waals surface area contributed by atoms with Crippen LogP contribution in [0.1, 0.15) is 49.3 Å². The van der Waals surface area contributed by atoms with Crippen LogP contribution in [0, 0.1) is 6.92 Å². The first-order valence-electron chi connectivity index (χ1n) is 6.78. The van der Waals surface area contributed by atoms with Gasteiger partial charge in [-0.2, -0.15) is 13.2 Å². The monoisotopic (exact) mass is 358 g/mol. The van der Waals surface area contributed by atoms with Crippen LogP contribution in [0.5, 0.6) is 0 Å². The molecule has 2 rings (SSSR count). The van der Waals surface area contributed by atoms with Gasteiger partial charge in [-0.25, -0.2) is 9.78 Å². The molecule has 1 aromatic heterocycles. The summed E-state index contributed by atoms with van der Waals surface area (Å²) in [4.78, 5) is 27.3. The van der Waals surface area contributed by atoms with Crippen molar-refractivity contribution >= 4 is 23.2 Å². The summed E-state index contributed by atoms with van der Waals surface area (Å²) in [6.45, 7) is 3.17. The van der Waals surface area contributed by atoms with Gasteiger partial charge in [-0.3, -0.25) is 4.79 Å². The first kappa shape index (κ1) is 17.9. The summed E-state index contributed by atoms with van der Waals surface area (Å²) >= 11 is 0.945. The number of halogens is 3. The highest BCUT2D eigenvalue weighted by molar-refractivity contribution is 7.13. The highest BCUT2D eigenvalue weighted by atomic mass is 32.1. The topological polar surface area (TPSA) is 79.3 Å². The number of nitrogens with one attached hydrogen (secondary N) is 1. The minimum Gasteiger partial charge on any atom is -0.477 e. The number of amides is 1. The molecule has 0 fully saturated rings. The Morgan fingerprint density at radius 2 is 1.83 bits per heavy atom. The lowest BCUT2D eigenvalue weighted by Gasteiger charge is -2.12. The molecule has 1 atom stereocenters. The van der Waals surface area contributed by atoms with Crippen LogP contribution in [-0.2, 0) is 6.18 Å². The molecule has 1 unspecified atom stereocenters. The van der Waals surface area contributed by atoms with Gasteiger partial charge in [0.1, 0.15) is 9.88 Å². The Morgan fingerprint density at radius 1 is 1.25 bits per heavy atom. The number of rotatable bonds is 4. The van der Waals surface area contributed by atoms with E-state index in [1.165, 1.54) is 0 Å². The van der Waals surface area contributed by atoms with E-state index in [-0.39, 0.29) is 10.4 Å². The number of aromatic nitrogens is 1. The third-order valence-corrected chi connectivity index (χ3v) is 4.53. The van der Waals surface area contributed by atoms with Crippen LogP contribution in [-0.4, -0.2) is 22.0 Å². The zero-order chi connectivity index (χ0) is 18.1. The summed E-state index contributed by atoms with van der Waals surface area (Å²) in [5, 5.41) is 12.0. The second-order valence-corrected chi connectivity index (χ2v) is 6.07. The summed E-state index contributed by atoms with van der Waals surface area (Å²) in [6.07, 6.45) is -4.46. The van der Waals surface area contributed by atoms with E-state index < -0.39 is 29.7 Å². The van der Waals surface area contributed by atoms with Crippen molar-refractivity contribution in [1.82, 2.24) is 10.3 Å². The minimum atomic E-state index is -4.46. The fourth-order valence-electron chi connectivity index (χ4n) is 1.95. The van der Waals surface area contributed by atoms with Crippen molar-refractivity contribution in [3.63, 3.8) is 0 Å². The Morgan fingerprint density at radius 3 is 2.29 bits per heavy atom. The molecule has 1 aromatic carbocycles. The van der Waals surface area contributed by atoms with Crippen molar-refractivity contribution in [3.8, 4) is 0 Å². The molecule has 0 saturated carbocycles. The third kappa shape index (κ3) is 3.91. The van der Waals surface area contributed by atoms with Gasteiger partial charge >= 0.3 is 12.1 Å². The third-order valence-electron chi connectivity index (χ3n) is 3.20. The molecular weight excluding hydrogens is 345 g/mol. The van der Waals surface area contributed by atoms with Gasteiger partial charge in [0.2, 0.25) is 0 Å². The number of hydrogen-bond donors (Lipinski definition) is 2. The molecule has 24 heavy (non-hydrogen) atoms.